The van der Waals surface area contributed by atoms with Gasteiger partial charge in [0.15, 0.2) is 23.0 Å². The Morgan fingerprint density at radius 3 is 2.30 bits per heavy atom. The first-order valence-electron chi connectivity index (χ1n) is 26.9. The Morgan fingerprint density at radius 1 is 0.935 bits per heavy atom. The van der Waals surface area contributed by atoms with E-state index in [0.29, 0.717) is 76.2 Å². The Bertz CT molecular complexity index is 3120. The molecule has 4 amide bonds. The van der Waals surface area contributed by atoms with Crippen LogP contribution >= 0.6 is 11.6 Å². The van der Waals surface area contributed by atoms with Gasteiger partial charge < -0.3 is 35.4 Å². The Labute approximate surface area is 449 Å². The normalized spacial score (nSPS) is 24.9. The second-order valence-corrected chi connectivity index (χ2v) is 22.5. The maximum atomic E-state index is 16.5. The van der Waals surface area contributed by atoms with Gasteiger partial charge >= 0.3 is 0 Å². The molecule has 3 saturated heterocycles. The highest BCUT2D eigenvalue weighted by Gasteiger charge is 2.51. The number of aryl methyl sites for hydroxylation is 1. The molecule has 1 aliphatic carbocycles. The number of hydrogen-bond acceptors (Lipinski definition) is 10. The van der Waals surface area contributed by atoms with Crippen molar-refractivity contribution in [1.29, 1.82) is 0 Å². The van der Waals surface area contributed by atoms with Gasteiger partial charge in [-0.3, -0.25) is 29.2 Å². The van der Waals surface area contributed by atoms with Crippen LogP contribution in [0, 0.1) is 34.6 Å². The number of hydrogen-bond donors (Lipinski definition) is 4. The zero-order valence-electron chi connectivity index (χ0n) is 43.8. The zero-order valence-corrected chi connectivity index (χ0v) is 44.6. The molecule has 4 fully saturated rings. The standard InChI is InChI=1S/C58H66ClF4N7O7/c1-31-45-43(29-41(61)49(59)48(45)47-37(54(64)73)10-12-42(50(47)62)76-27-26-71)77-58(31,35-8-6-5-7-9-35)30-65-36-14-20-57(3,21-15-36)56(75)70-24-16-33(17-25-70)32(2)69-22-18-34(19-23-69)46-40(60)28-39-52(67-68(4)53(39)51(46)63)38-11-13-44(72)66-55(38)74/h5-10,12,28-29,31-34,36,38,65,71H,11,13-27,30H2,1-4H3,(H2,64,73)(H,66,72,74)/t31-,32+,36?,38?,57?,58-/m0/s1. The van der Waals surface area contributed by atoms with E-state index in [4.69, 9.17) is 26.8 Å². The van der Waals surface area contributed by atoms with Crippen LogP contribution in [-0.2, 0) is 27.0 Å². The van der Waals surface area contributed by atoms with Crippen LogP contribution in [-0.4, -0.2) is 106 Å². The molecular weight excluding hydrogens is 1020 g/mol. The number of aromatic nitrogens is 2. The molecule has 4 atom stereocenters. The van der Waals surface area contributed by atoms with E-state index in [2.05, 4.69) is 34.5 Å². The van der Waals surface area contributed by atoms with Gasteiger partial charge in [0.2, 0.25) is 23.6 Å². The largest absolute Gasteiger partial charge is 0.488 e. The first kappa shape index (κ1) is 54.3. The van der Waals surface area contributed by atoms with E-state index in [9.17, 15) is 24.3 Å². The molecule has 5 heterocycles. The first-order valence-corrected chi connectivity index (χ1v) is 27.3. The molecule has 0 spiro atoms. The topological polar surface area (TPSA) is 181 Å². The Kier molecular flexibility index (Phi) is 15.2. The van der Waals surface area contributed by atoms with Crippen molar-refractivity contribution in [3.05, 3.63) is 111 Å². The summed E-state index contributed by atoms with van der Waals surface area (Å²) >= 11 is 6.74. The molecule has 5 N–H and O–H groups in total. The van der Waals surface area contributed by atoms with Crippen molar-refractivity contribution < 1.29 is 51.3 Å². The fraction of sp³-hybridized carbons (Fsp3) is 0.500. The third-order valence-electron chi connectivity index (χ3n) is 17.8. The number of nitrogens with two attached hydrogens (primary N) is 1. The summed E-state index contributed by atoms with van der Waals surface area (Å²) in [6.45, 7) is 8.46. The van der Waals surface area contributed by atoms with Crippen molar-refractivity contribution in [2.45, 2.75) is 120 Å². The summed E-state index contributed by atoms with van der Waals surface area (Å²) < 4.78 is 78.4. The van der Waals surface area contributed by atoms with Crippen LogP contribution in [0.5, 0.6) is 11.5 Å². The molecule has 0 bridgehead atoms. The second-order valence-electron chi connectivity index (χ2n) is 22.2. The van der Waals surface area contributed by atoms with Crippen molar-refractivity contribution in [3.8, 4) is 22.6 Å². The molecule has 4 aromatic carbocycles. The summed E-state index contributed by atoms with van der Waals surface area (Å²) in [5, 5.41) is 19.7. The van der Waals surface area contributed by atoms with E-state index in [1.807, 2.05) is 42.2 Å². The molecule has 0 radical (unpaired) electrons. The van der Waals surface area contributed by atoms with Gasteiger partial charge in [0.05, 0.1) is 28.8 Å². The van der Waals surface area contributed by atoms with Crippen molar-refractivity contribution in [3.63, 3.8) is 0 Å². The molecular formula is C58H66ClF4N7O7. The number of nitrogens with zero attached hydrogens (tertiary/aromatic N) is 4. The quantitative estimate of drug-likeness (QED) is 0.0620. The van der Waals surface area contributed by atoms with Crippen molar-refractivity contribution in [2.75, 3.05) is 45.9 Å². The number of likely N-dealkylation sites (tertiary alicyclic amines) is 2. The summed E-state index contributed by atoms with van der Waals surface area (Å²) in [6, 6.07) is 14.7. The SMILES string of the molecule is C[C@H](C1CCN(C(=O)C2(C)CCC(NC[C@]3(c4ccccc4)Oc4cc(F)c(Cl)c(-c5c(C(N)=O)ccc(OCCO)c5F)c4[C@@H]3C)CC2)CC1)N1CCC(c2c(F)cc3c(C4CCC(=O)NC4=O)nn(C)c3c2F)CC1. The summed E-state index contributed by atoms with van der Waals surface area (Å²) in [7, 11) is 1.59. The lowest BCUT2D eigenvalue weighted by Crippen LogP contribution is -2.52. The Hall–Kier alpha value is -6.08. The number of aliphatic hydroxyl groups is 1. The fourth-order valence-corrected chi connectivity index (χ4v) is 13.6. The van der Waals surface area contributed by atoms with Gasteiger partial charge in [-0.1, -0.05) is 55.8 Å². The number of amides is 4. The van der Waals surface area contributed by atoms with Crippen molar-refractivity contribution >= 4 is 46.1 Å². The minimum atomic E-state index is -1.14. The maximum Gasteiger partial charge on any atom is 0.249 e. The molecule has 1 saturated carbocycles. The van der Waals surface area contributed by atoms with E-state index in [1.165, 1.54) is 28.9 Å². The Balaban J connectivity index is 0.760. The highest BCUT2D eigenvalue weighted by molar-refractivity contribution is 6.34. The zero-order chi connectivity index (χ0) is 54.7. The van der Waals surface area contributed by atoms with E-state index < -0.39 is 69.6 Å². The lowest BCUT2D eigenvalue weighted by atomic mass is 9.72. The van der Waals surface area contributed by atoms with E-state index in [-0.39, 0.29) is 106 Å². The molecule has 4 aliphatic heterocycles. The Morgan fingerprint density at radius 2 is 1.64 bits per heavy atom. The van der Waals surface area contributed by atoms with Crippen LogP contribution in [0.2, 0.25) is 5.02 Å². The third kappa shape index (κ3) is 9.85. The fourth-order valence-electron chi connectivity index (χ4n) is 13.3. The smallest absolute Gasteiger partial charge is 0.249 e. The first-order chi connectivity index (χ1) is 36.8. The minimum Gasteiger partial charge on any atom is -0.488 e. The lowest BCUT2D eigenvalue weighted by Gasteiger charge is -2.45. The van der Waals surface area contributed by atoms with Gasteiger partial charge in [0.25, 0.3) is 0 Å². The van der Waals surface area contributed by atoms with E-state index >= 15 is 17.6 Å². The number of imide groups is 1. The number of nitrogens with one attached hydrogen (secondary N) is 2. The number of halogens is 5. The van der Waals surface area contributed by atoms with Crippen LogP contribution in [0.4, 0.5) is 17.6 Å². The van der Waals surface area contributed by atoms with Gasteiger partial charge in [-0.05, 0) is 113 Å². The average Bonchev–Trinajstić information content (AvgIpc) is 4.09. The van der Waals surface area contributed by atoms with Crippen LogP contribution in [0.1, 0.15) is 135 Å². The predicted molar refractivity (Wildman–Crippen MR) is 282 cm³/mol. The molecule has 14 nitrogen and oxygen atoms in total. The van der Waals surface area contributed by atoms with E-state index in [1.54, 1.807) is 7.05 Å². The molecule has 77 heavy (non-hydrogen) atoms. The predicted octanol–water partition coefficient (Wildman–Crippen LogP) is 8.88. The number of carbonyl (C=O) groups is 4. The number of fused-ring (bicyclic) bond motifs is 2. The number of rotatable bonds is 14. The molecule has 1 aromatic heterocycles. The number of ether oxygens (including phenoxy) is 2. The van der Waals surface area contributed by atoms with Crippen LogP contribution in [0.25, 0.3) is 22.0 Å². The minimum absolute atomic E-state index is 0.00893. The van der Waals surface area contributed by atoms with Crippen molar-refractivity contribution in [2.24, 2.45) is 24.1 Å². The third-order valence-corrected chi connectivity index (χ3v) is 18.2. The molecule has 5 aromatic rings. The number of benzene rings is 4. The highest BCUT2D eigenvalue weighted by Crippen LogP contribution is 2.57. The van der Waals surface area contributed by atoms with Crippen LogP contribution in [0.3, 0.4) is 0 Å². The van der Waals surface area contributed by atoms with E-state index in [0.717, 1.165) is 18.4 Å². The summed E-state index contributed by atoms with van der Waals surface area (Å²) in [4.78, 5) is 56.1. The molecule has 10 rings (SSSR count). The monoisotopic (exact) mass is 1080 g/mol. The number of primary amides is 1. The maximum absolute atomic E-state index is 16.5. The molecule has 410 valence electrons. The molecule has 1 unspecified atom stereocenters. The number of piperidine rings is 3. The molecule has 5 aliphatic rings. The average molecular weight is 1080 g/mol. The van der Waals surface area contributed by atoms with Gasteiger partial charge in [-0.15, -0.1) is 0 Å². The summed E-state index contributed by atoms with van der Waals surface area (Å²) in [5.41, 5.74) is 5.09. The van der Waals surface area contributed by atoms with Crippen LogP contribution < -0.4 is 25.8 Å². The van der Waals surface area contributed by atoms with Gasteiger partial charge in [-0.2, -0.15) is 5.10 Å². The van der Waals surface area contributed by atoms with Gasteiger partial charge in [0.1, 0.15) is 29.5 Å². The molecule has 19 heteroatoms. The second kappa shape index (κ2) is 21.6. The van der Waals surface area contributed by atoms with Crippen LogP contribution in [0.15, 0.2) is 54.6 Å². The van der Waals surface area contributed by atoms with Gasteiger partial charge in [-0.25, -0.2) is 17.6 Å². The number of carbonyl (C=O) groups excluding carboxylic acids is 4. The van der Waals surface area contributed by atoms with Gasteiger partial charge in [0, 0.05) is 90.2 Å². The summed E-state index contributed by atoms with van der Waals surface area (Å²) in [5.74, 6) is -6.33. The highest BCUT2D eigenvalue weighted by atomic mass is 35.5. The number of aliphatic hydroxyl groups excluding tert-OH is 1. The summed E-state index contributed by atoms with van der Waals surface area (Å²) in [6.07, 6.45) is 5.96. The lowest BCUT2D eigenvalue weighted by molar-refractivity contribution is -0.145. The van der Waals surface area contributed by atoms with Crippen molar-refractivity contribution in [1.82, 2.24) is 30.2 Å².